The number of carbonyl (C=O) groups is 1. The van der Waals surface area contributed by atoms with E-state index in [2.05, 4.69) is 10.7 Å². The molecule has 76 valence electrons. The van der Waals surface area contributed by atoms with Gasteiger partial charge in [0.15, 0.2) is 11.5 Å². The van der Waals surface area contributed by atoms with Crippen LogP contribution in [0.4, 0.5) is 17.3 Å². The lowest BCUT2D eigenvalue weighted by Gasteiger charge is -2.14. The van der Waals surface area contributed by atoms with Gasteiger partial charge in [-0.05, 0) is 6.07 Å². The van der Waals surface area contributed by atoms with E-state index in [1.54, 1.807) is 0 Å². The number of hydrogen-bond donors (Lipinski definition) is 1. The quantitative estimate of drug-likeness (QED) is 0.562. The Morgan fingerprint density at radius 2 is 2.00 bits per heavy atom. The average Bonchev–Trinajstić information content (AvgIpc) is 2.01. The summed E-state index contributed by atoms with van der Waals surface area (Å²) >= 11 is 0. The minimum Gasteiger partial charge on any atom is -0.445 e. The number of amides is 1. The fourth-order valence-electron chi connectivity index (χ4n) is 0.813. The van der Waals surface area contributed by atoms with Crippen molar-refractivity contribution in [3.05, 3.63) is 23.8 Å². The van der Waals surface area contributed by atoms with Crippen molar-refractivity contribution >= 4 is 18.3 Å². The predicted octanol–water partition coefficient (Wildman–Crippen LogP) is 0.374. The third kappa shape index (κ3) is 2.01. The van der Waals surface area contributed by atoms with Gasteiger partial charge >= 0.3 is 6.98 Å². The molecule has 0 radical (unpaired) electrons. The fraction of sp³-hybridized carbons (Fsp3) is 0. The molecule has 1 rings (SSSR count). The first-order valence-corrected chi connectivity index (χ1v) is 3.47. The number of halogens is 4. The van der Waals surface area contributed by atoms with E-state index >= 15 is 0 Å². The molecular formula is C6H4BF4N2O-. The predicted molar refractivity (Wildman–Crippen MR) is 41.4 cm³/mol. The minimum atomic E-state index is -5.31. The van der Waals surface area contributed by atoms with Gasteiger partial charge in [-0.2, -0.15) is 0 Å². The van der Waals surface area contributed by atoms with Crippen LogP contribution in [0.25, 0.3) is 0 Å². The number of aromatic nitrogens is 1. The summed E-state index contributed by atoms with van der Waals surface area (Å²) in [6.07, 6.45) is 0.378. The summed E-state index contributed by atoms with van der Waals surface area (Å²) in [4.78, 5) is 13.4. The van der Waals surface area contributed by atoms with E-state index in [4.69, 9.17) is 0 Å². The van der Waals surface area contributed by atoms with E-state index in [9.17, 15) is 22.1 Å². The van der Waals surface area contributed by atoms with Crippen molar-refractivity contribution in [1.29, 1.82) is 0 Å². The second kappa shape index (κ2) is 3.28. The Morgan fingerprint density at radius 3 is 2.36 bits per heavy atom. The number of nitrogens with zero attached hydrogens (tertiary/aromatic N) is 1. The zero-order valence-electron chi connectivity index (χ0n) is 6.68. The van der Waals surface area contributed by atoms with Gasteiger partial charge in [-0.25, -0.2) is 4.39 Å². The second-order valence-electron chi connectivity index (χ2n) is 2.54. The highest BCUT2D eigenvalue weighted by molar-refractivity contribution is 6.73. The molecule has 0 aliphatic heterocycles. The molecule has 0 saturated heterocycles. The number of rotatable bonds is 2. The molecule has 0 atom stereocenters. The molecule has 0 unspecified atom stereocenters. The average molecular weight is 207 g/mol. The van der Waals surface area contributed by atoms with Gasteiger partial charge in [-0.15, -0.1) is 0 Å². The fourth-order valence-corrected chi connectivity index (χ4v) is 0.813. The first-order valence-electron chi connectivity index (χ1n) is 3.47. The van der Waals surface area contributed by atoms with E-state index in [1.807, 2.05) is 0 Å². The monoisotopic (exact) mass is 207 g/mol. The largest absolute Gasteiger partial charge is 0.511 e. The van der Waals surface area contributed by atoms with Gasteiger partial charge in [0.25, 0.3) is 5.91 Å². The van der Waals surface area contributed by atoms with E-state index in [-0.39, 0.29) is 6.07 Å². The lowest BCUT2D eigenvalue weighted by Crippen LogP contribution is -2.35. The van der Waals surface area contributed by atoms with E-state index in [0.29, 0.717) is 6.20 Å². The number of pyridine rings is 1. The van der Waals surface area contributed by atoms with Crippen molar-refractivity contribution in [3.63, 3.8) is 0 Å². The molecule has 3 nitrogen and oxygen atoms in total. The van der Waals surface area contributed by atoms with E-state index in [1.165, 1.54) is 0 Å². The topological polar surface area (TPSA) is 56.0 Å². The van der Waals surface area contributed by atoms with Crippen LogP contribution in [-0.4, -0.2) is 17.9 Å². The Kier molecular flexibility index (Phi) is 2.46. The van der Waals surface area contributed by atoms with Crippen molar-refractivity contribution in [2.24, 2.45) is 5.73 Å². The van der Waals surface area contributed by atoms with Crippen LogP contribution in [0.3, 0.4) is 0 Å². The molecule has 1 aromatic heterocycles. The van der Waals surface area contributed by atoms with Gasteiger partial charge in [-0.3, -0.25) is 9.78 Å². The van der Waals surface area contributed by atoms with Crippen LogP contribution in [0.1, 0.15) is 10.5 Å². The summed E-state index contributed by atoms with van der Waals surface area (Å²) in [7, 11) is 0. The lowest BCUT2D eigenvalue weighted by atomic mass is 9.81. The highest BCUT2D eigenvalue weighted by Crippen LogP contribution is 2.10. The second-order valence-corrected chi connectivity index (χ2v) is 2.54. The van der Waals surface area contributed by atoms with Gasteiger partial charge in [0, 0.05) is 6.20 Å². The third-order valence-corrected chi connectivity index (χ3v) is 1.47. The van der Waals surface area contributed by atoms with Crippen molar-refractivity contribution in [2.45, 2.75) is 0 Å². The Hall–Kier alpha value is -1.60. The summed E-state index contributed by atoms with van der Waals surface area (Å²) in [6.45, 7) is -5.31. The number of primary amides is 1. The molecule has 0 fully saturated rings. The van der Waals surface area contributed by atoms with E-state index in [0.717, 1.165) is 0 Å². The Balaban J connectivity index is 3.20. The maximum absolute atomic E-state index is 12.8. The van der Waals surface area contributed by atoms with Gasteiger partial charge in [0.2, 0.25) is 0 Å². The number of nitrogens with two attached hydrogens (primary N) is 1. The van der Waals surface area contributed by atoms with Crippen LogP contribution in [-0.2, 0) is 0 Å². The summed E-state index contributed by atoms with van der Waals surface area (Å²) in [5, 5.41) is 0. The standard InChI is InChI=1S/C6H4BF4N2O/c8-4-1-3(7(9,10)11)2-13-5(4)6(12)14/h1-2H,(H2,12,14)/q-1. The van der Waals surface area contributed by atoms with Crippen LogP contribution in [0, 0.1) is 5.82 Å². The Morgan fingerprint density at radius 1 is 1.43 bits per heavy atom. The molecule has 0 aromatic carbocycles. The summed E-state index contributed by atoms with van der Waals surface area (Å²) in [5.74, 6) is -2.57. The molecule has 1 heterocycles. The van der Waals surface area contributed by atoms with Crippen LogP contribution in [0.5, 0.6) is 0 Å². The van der Waals surface area contributed by atoms with Crippen LogP contribution in [0.2, 0.25) is 0 Å². The van der Waals surface area contributed by atoms with Gasteiger partial charge < -0.3 is 18.7 Å². The number of carbonyl (C=O) groups excluding carboxylic acids is 1. The third-order valence-electron chi connectivity index (χ3n) is 1.47. The summed E-state index contributed by atoms with van der Waals surface area (Å²) < 4.78 is 48.9. The van der Waals surface area contributed by atoms with Crippen molar-refractivity contribution < 1.29 is 22.1 Å². The first-order chi connectivity index (χ1) is 6.32. The Bertz CT molecular complexity index is 379. The molecule has 8 heteroatoms. The van der Waals surface area contributed by atoms with Crippen molar-refractivity contribution in [2.75, 3.05) is 0 Å². The zero-order valence-corrected chi connectivity index (χ0v) is 6.68. The molecule has 1 aromatic rings. The molecule has 14 heavy (non-hydrogen) atoms. The van der Waals surface area contributed by atoms with Gasteiger partial charge in [0.1, 0.15) is 0 Å². The van der Waals surface area contributed by atoms with Gasteiger partial charge in [0.05, 0.1) is 0 Å². The number of hydrogen-bond acceptors (Lipinski definition) is 2. The van der Waals surface area contributed by atoms with Gasteiger partial charge in [-0.1, -0.05) is 5.46 Å². The SMILES string of the molecule is NC(=O)c1ncc([B-](F)(F)F)cc1F. The molecule has 2 N–H and O–H groups in total. The smallest absolute Gasteiger partial charge is 0.445 e. The van der Waals surface area contributed by atoms with Crippen molar-refractivity contribution in [3.8, 4) is 0 Å². The molecule has 1 amide bonds. The molecule has 0 aliphatic carbocycles. The normalized spacial score (nSPS) is 11.4. The zero-order chi connectivity index (χ0) is 10.9. The molecule has 0 bridgehead atoms. The minimum absolute atomic E-state index is 0.201. The first kappa shape index (κ1) is 10.5. The highest BCUT2D eigenvalue weighted by atomic mass is 19.4. The van der Waals surface area contributed by atoms with Crippen LogP contribution >= 0.6 is 0 Å². The van der Waals surface area contributed by atoms with Crippen LogP contribution < -0.4 is 11.2 Å². The summed E-state index contributed by atoms with van der Waals surface area (Å²) in [6, 6.07) is 0.201. The maximum Gasteiger partial charge on any atom is 0.511 e. The Labute approximate surface area is 76.0 Å². The lowest BCUT2D eigenvalue weighted by molar-refractivity contribution is 0.0991. The van der Waals surface area contributed by atoms with Crippen LogP contribution in [0.15, 0.2) is 12.3 Å². The molecular weight excluding hydrogens is 203 g/mol. The molecule has 0 aliphatic rings. The van der Waals surface area contributed by atoms with E-state index < -0.39 is 29.9 Å². The molecule has 0 spiro atoms. The molecule has 0 saturated carbocycles. The maximum atomic E-state index is 12.8. The van der Waals surface area contributed by atoms with Crippen molar-refractivity contribution in [1.82, 2.24) is 4.98 Å². The summed E-state index contributed by atoms with van der Waals surface area (Å²) in [5.41, 5.74) is 2.66. The highest BCUT2D eigenvalue weighted by Gasteiger charge is 2.27.